The lowest BCUT2D eigenvalue weighted by atomic mass is 10.2. The second kappa shape index (κ2) is 4.08. The van der Waals surface area contributed by atoms with Crippen molar-refractivity contribution in [1.29, 1.82) is 0 Å². The summed E-state index contributed by atoms with van der Waals surface area (Å²) in [7, 11) is 0. The van der Waals surface area contributed by atoms with E-state index in [1.807, 2.05) is 6.07 Å². The van der Waals surface area contributed by atoms with E-state index in [0.717, 1.165) is 12.2 Å². The molecule has 0 amide bonds. The first kappa shape index (κ1) is 9.64. The monoisotopic (exact) mass is 209 g/mol. The third-order valence-electron chi connectivity index (χ3n) is 1.99. The van der Waals surface area contributed by atoms with E-state index < -0.39 is 5.97 Å². The number of carboxylic acid groups (broad SMARTS) is 1. The predicted molar refractivity (Wildman–Crippen MR) is 53.6 cm³/mol. The van der Waals surface area contributed by atoms with Gasteiger partial charge in [0.05, 0.1) is 5.69 Å². The van der Waals surface area contributed by atoms with Crippen LogP contribution in [0.15, 0.2) is 18.2 Å². The molecule has 0 spiro atoms. The summed E-state index contributed by atoms with van der Waals surface area (Å²) in [5.41, 5.74) is 0.837. The Hall–Kier alpha value is -1.91. The molecule has 0 fully saturated rings. The van der Waals surface area contributed by atoms with Gasteiger partial charge in [0.25, 0.3) is 0 Å². The highest BCUT2D eigenvalue weighted by molar-refractivity contribution is 5.69. The molecule has 1 heterocycles. The van der Waals surface area contributed by atoms with Gasteiger partial charge in [0, 0.05) is 6.54 Å². The summed E-state index contributed by atoms with van der Waals surface area (Å²) in [5.74, 6) is 0.0449. The smallest absolute Gasteiger partial charge is 0.341 e. The number of para-hydroxylation sites is 1. The van der Waals surface area contributed by atoms with Gasteiger partial charge >= 0.3 is 5.97 Å². The molecule has 1 aliphatic rings. The van der Waals surface area contributed by atoms with Crippen molar-refractivity contribution in [2.24, 2.45) is 0 Å². The van der Waals surface area contributed by atoms with Gasteiger partial charge < -0.3 is 19.9 Å². The molecule has 0 radical (unpaired) electrons. The Labute approximate surface area is 86.6 Å². The molecule has 2 rings (SSSR count). The van der Waals surface area contributed by atoms with Crippen molar-refractivity contribution in [3.05, 3.63) is 18.2 Å². The SMILES string of the molecule is O=C(O)COc1cccc2c1OCCN2. The summed E-state index contributed by atoms with van der Waals surface area (Å²) in [6.07, 6.45) is 0. The highest BCUT2D eigenvalue weighted by Gasteiger charge is 2.15. The van der Waals surface area contributed by atoms with Crippen LogP contribution in [0.4, 0.5) is 5.69 Å². The van der Waals surface area contributed by atoms with E-state index in [1.165, 1.54) is 0 Å². The Bertz CT molecular complexity index is 378. The second-order valence-corrected chi connectivity index (χ2v) is 3.09. The van der Waals surface area contributed by atoms with Crippen molar-refractivity contribution in [2.75, 3.05) is 25.1 Å². The number of rotatable bonds is 3. The summed E-state index contributed by atoms with van der Waals surface area (Å²) >= 11 is 0. The molecule has 0 aliphatic carbocycles. The fourth-order valence-electron chi connectivity index (χ4n) is 1.40. The van der Waals surface area contributed by atoms with E-state index in [0.29, 0.717) is 18.1 Å². The minimum atomic E-state index is -1.00. The molecule has 0 saturated heterocycles. The molecular formula is C10H11NO4. The van der Waals surface area contributed by atoms with Crippen LogP contribution in [0.5, 0.6) is 11.5 Å². The van der Waals surface area contributed by atoms with Gasteiger partial charge in [-0.3, -0.25) is 0 Å². The molecule has 1 aromatic rings. The van der Waals surface area contributed by atoms with Crippen molar-refractivity contribution < 1.29 is 19.4 Å². The van der Waals surface area contributed by atoms with Crippen LogP contribution in [-0.2, 0) is 4.79 Å². The summed E-state index contributed by atoms with van der Waals surface area (Å²) in [6, 6.07) is 5.34. The highest BCUT2D eigenvalue weighted by Crippen LogP contribution is 2.36. The molecule has 0 aromatic heterocycles. The number of hydrogen-bond acceptors (Lipinski definition) is 4. The molecule has 15 heavy (non-hydrogen) atoms. The summed E-state index contributed by atoms with van der Waals surface area (Å²) in [5, 5.41) is 11.6. The molecule has 80 valence electrons. The zero-order valence-electron chi connectivity index (χ0n) is 8.03. The van der Waals surface area contributed by atoms with Crippen molar-refractivity contribution in [3.8, 4) is 11.5 Å². The maximum absolute atomic E-state index is 10.4. The van der Waals surface area contributed by atoms with E-state index in [2.05, 4.69) is 5.32 Å². The van der Waals surface area contributed by atoms with Gasteiger partial charge in [-0.05, 0) is 12.1 Å². The van der Waals surface area contributed by atoms with Gasteiger partial charge in [0.15, 0.2) is 18.1 Å². The Balaban J connectivity index is 2.19. The first-order valence-electron chi connectivity index (χ1n) is 4.61. The number of nitrogens with one attached hydrogen (secondary N) is 1. The van der Waals surface area contributed by atoms with E-state index in [9.17, 15) is 4.79 Å². The van der Waals surface area contributed by atoms with Crippen LogP contribution in [0.3, 0.4) is 0 Å². The number of benzene rings is 1. The number of aliphatic carboxylic acids is 1. The van der Waals surface area contributed by atoms with E-state index in [4.69, 9.17) is 14.6 Å². The lowest BCUT2D eigenvalue weighted by molar-refractivity contribution is -0.139. The molecule has 0 unspecified atom stereocenters. The van der Waals surface area contributed by atoms with Crippen LogP contribution < -0.4 is 14.8 Å². The molecule has 0 saturated carbocycles. The summed E-state index contributed by atoms with van der Waals surface area (Å²) < 4.78 is 10.5. The van der Waals surface area contributed by atoms with Crippen LogP contribution >= 0.6 is 0 Å². The molecule has 5 heteroatoms. The number of fused-ring (bicyclic) bond motifs is 1. The molecule has 0 atom stereocenters. The van der Waals surface area contributed by atoms with Gasteiger partial charge in [-0.1, -0.05) is 6.07 Å². The van der Waals surface area contributed by atoms with Crippen molar-refractivity contribution in [3.63, 3.8) is 0 Å². The fourth-order valence-corrected chi connectivity index (χ4v) is 1.40. The average molecular weight is 209 g/mol. The quantitative estimate of drug-likeness (QED) is 0.775. The molecule has 5 nitrogen and oxygen atoms in total. The standard InChI is InChI=1S/C10H11NO4/c12-9(13)6-15-8-3-1-2-7-10(8)14-5-4-11-7/h1-3,11H,4-6H2,(H,12,13). The molecule has 2 N–H and O–H groups in total. The van der Waals surface area contributed by atoms with Gasteiger partial charge in [-0.2, -0.15) is 0 Å². The fraction of sp³-hybridized carbons (Fsp3) is 0.300. The Morgan fingerprint density at radius 1 is 1.60 bits per heavy atom. The highest BCUT2D eigenvalue weighted by atomic mass is 16.5. The molecular weight excluding hydrogens is 198 g/mol. The third kappa shape index (κ3) is 2.12. The van der Waals surface area contributed by atoms with E-state index in [-0.39, 0.29) is 6.61 Å². The van der Waals surface area contributed by atoms with Crippen molar-refractivity contribution in [2.45, 2.75) is 0 Å². The zero-order valence-corrected chi connectivity index (χ0v) is 8.03. The second-order valence-electron chi connectivity index (χ2n) is 3.09. The lowest BCUT2D eigenvalue weighted by Crippen LogP contribution is -2.19. The maximum Gasteiger partial charge on any atom is 0.341 e. The number of ether oxygens (including phenoxy) is 2. The predicted octanol–water partition coefficient (Wildman–Crippen LogP) is 0.954. The topological polar surface area (TPSA) is 67.8 Å². The van der Waals surface area contributed by atoms with Gasteiger partial charge in [-0.25, -0.2) is 4.79 Å². The van der Waals surface area contributed by atoms with Gasteiger partial charge in [0.1, 0.15) is 6.61 Å². The number of hydrogen-bond donors (Lipinski definition) is 2. The first-order chi connectivity index (χ1) is 7.27. The third-order valence-corrected chi connectivity index (χ3v) is 1.99. The Morgan fingerprint density at radius 3 is 3.27 bits per heavy atom. The molecule has 1 aromatic carbocycles. The van der Waals surface area contributed by atoms with Crippen LogP contribution in [0.1, 0.15) is 0 Å². The summed E-state index contributed by atoms with van der Waals surface area (Å²) in [4.78, 5) is 10.4. The number of anilines is 1. The van der Waals surface area contributed by atoms with Crippen LogP contribution in [-0.4, -0.2) is 30.8 Å². The van der Waals surface area contributed by atoms with Crippen molar-refractivity contribution in [1.82, 2.24) is 0 Å². The van der Waals surface area contributed by atoms with Crippen LogP contribution in [0.2, 0.25) is 0 Å². The molecule has 1 aliphatic heterocycles. The van der Waals surface area contributed by atoms with E-state index >= 15 is 0 Å². The van der Waals surface area contributed by atoms with Crippen molar-refractivity contribution >= 4 is 11.7 Å². The van der Waals surface area contributed by atoms with Crippen LogP contribution in [0.25, 0.3) is 0 Å². The Morgan fingerprint density at radius 2 is 2.47 bits per heavy atom. The Kier molecular flexibility index (Phi) is 2.62. The van der Waals surface area contributed by atoms with E-state index in [1.54, 1.807) is 12.1 Å². The van der Waals surface area contributed by atoms with Gasteiger partial charge in [0.2, 0.25) is 0 Å². The largest absolute Gasteiger partial charge is 0.486 e. The summed E-state index contributed by atoms with van der Waals surface area (Å²) in [6.45, 7) is 0.940. The zero-order chi connectivity index (χ0) is 10.7. The minimum absolute atomic E-state index is 0.361. The average Bonchev–Trinajstić information content (AvgIpc) is 2.26. The minimum Gasteiger partial charge on any atom is -0.486 e. The first-order valence-corrected chi connectivity index (χ1v) is 4.61. The van der Waals surface area contributed by atoms with Crippen LogP contribution in [0, 0.1) is 0 Å². The number of carboxylic acids is 1. The number of carbonyl (C=O) groups is 1. The molecule has 0 bridgehead atoms. The normalized spacial score (nSPS) is 13.3. The van der Waals surface area contributed by atoms with Gasteiger partial charge in [-0.15, -0.1) is 0 Å². The maximum atomic E-state index is 10.4. The lowest BCUT2D eigenvalue weighted by Gasteiger charge is -2.21.